The normalized spacial score (nSPS) is 12.4. The van der Waals surface area contributed by atoms with Crippen LogP contribution in [0, 0.1) is 0 Å². The van der Waals surface area contributed by atoms with Crippen LogP contribution in [0.1, 0.15) is 25.0 Å². The molecule has 10 rings (SSSR count). The minimum absolute atomic E-state index is 0.188. The molecule has 0 unspecified atom stereocenters. The number of nitrogens with zero attached hydrogens (tertiary/aromatic N) is 2. The van der Waals surface area contributed by atoms with E-state index in [1.807, 2.05) is 0 Å². The largest absolute Gasteiger partial charge is 0.311 e. The van der Waals surface area contributed by atoms with Crippen LogP contribution in [0.4, 0.5) is 34.1 Å². The van der Waals surface area contributed by atoms with Crippen molar-refractivity contribution in [3.8, 4) is 44.5 Å². The zero-order chi connectivity index (χ0) is 39.8. The number of para-hydroxylation sites is 2. The van der Waals surface area contributed by atoms with Crippen molar-refractivity contribution in [3.63, 3.8) is 0 Å². The molecule has 0 aromatic heterocycles. The minimum atomic E-state index is -0.188. The Morgan fingerprint density at radius 1 is 0.288 bits per heavy atom. The summed E-state index contributed by atoms with van der Waals surface area (Å²) in [6.45, 7) is 4.74. The van der Waals surface area contributed by atoms with Gasteiger partial charge in [0.1, 0.15) is 0 Å². The fourth-order valence-corrected chi connectivity index (χ4v) is 8.83. The molecule has 0 spiro atoms. The van der Waals surface area contributed by atoms with E-state index in [2.05, 4.69) is 254 Å². The second-order valence-electron chi connectivity index (χ2n) is 15.8. The van der Waals surface area contributed by atoms with Crippen LogP contribution in [-0.4, -0.2) is 0 Å². The van der Waals surface area contributed by atoms with E-state index >= 15 is 0 Å². The lowest BCUT2D eigenvalue weighted by atomic mass is 9.81. The smallest absolute Gasteiger partial charge is 0.0543 e. The van der Waals surface area contributed by atoms with Gasteiger partial charge < -0.3 is 9.80 Å². The summed E-state index contributed by atoms with van der Waals surface area (Å²) < 4.78 is 0. The quantitative estimate of drug-likeness (QED) is 0.145. The van der Waals surface area contributed by atoms with Crippen molar-refractivity contribution in [2.75, 3.05) is 9.80 Å². The Morgan fingerprint density at radius 2 is 0.661 bits per heavy atom. The van der Waals surface area contributed by atoms with E-state index in [0.717, 1.165) is 28.4 Å². The second kappa shape index (κ2) is 15.2. The average molecular weight is 757 g/mol. The van der Waals surface area contributed by atoms with Gasteiger partial charge in [-0.25, -0.2) is 0 Å². The highest BCUT2D eigenvalue weighted by Gasteiger charge is 2.38. The highest BCUT2D eigenvalue weighted by atomic mass is 15.1. The zero-order valence-corrected chi connectivity index (χ0v) is 33.3. The molecular formula is C57H44N2. The summed E-state index contributed by atoms with van der Waals surface area (Å²) in [6.07, 6.45) is 0. The molecule has 0 bridgehead atoms. The molecule has 0 aliphatic heterocycles. The number of rotatable bonds is 9. The molecule has 0 fully saturated rings. The zero-order valence-electron chi connectivity index (χ0n) is 33.3. The first-order chi connectivity index (χ1) is 29.0. The maximum absolute atomic E-state index is 2.42. The molecule has 0 saturated carbocycles. The van der Waals surface area contributed by atoms with Gasteiger partial charge in [-0.3, -0.25) is 0 Å². The SMILES string of the molecule is CC1(C)c2cc(-c3ccc(N(c4ccccc4)c4ccc(-c5ccccc5)cc4)cc3)ccc2-c2c(N(c3ccccc3)c3ccc(-c4ccccc4)cc3)cccc21. The van der Waals surface area contributed by atoms with Crippen LogP contribution in [-0.2, 0) is 5.41 Å². The molecule has 0 saturated heterocycles. The lowest BCUT2D eigenvalue weighted by Gasteiger charge is -2.29. The van der Waals surface area contributed by atoms with Gasteiger partial charge in [0.25, 0.3) is 0 Å². The molecule has 9 aromatic rings. The number of fused-ring (bicyclic) bond motifs is 3. The van der Waals surface area contributed by atoms with E-state index in [9.17, 15) is 0 Å². The molecule has 9 aromatic carbocycles. The number of hydrogen-bond donors (Lipinski definition) is 0. The molecule has 1 aliphatic rings. The molecule has 59 heavy (non-hydrogen) atoms. The highest BCUT2D eigenvalue weighted by molar-refractivity contribution is 5.96. The van der Waals surface area contributed by atoms with Gasteiger partial charge in [-0.15, -0.1) is 0 Å². The van der Waals surface area contributed by atoms with Crippen LogP contribution >= 0.6 is 0 Å². The van der Waals surface area contributed by atoms with E-state index in [1.165, 1.54) is 61.3 Å². The van der Waals surface area contributed by atoms with Gasteiger partial charge in [-0.1, -0.05) is 172 Å². The summed E-state index contributed by atoms with van der Waals surface area (Å²) in [5.74, 6) is 0. The maximum atomic E-state index is 2.42. The minimum Gasteiger partial charge on any atom is -0.311 e. The second-order valence-corrected chi connectivity index (χ2v) is 15.8. The van der Waals surface area contributed by atoms with Crippen LogP contribution in [0.15, 0.2) is 231 Å². The van der Waals surface area contributed by atoms with Crippen LogP contribution in [0.25, 0.3) is 44.5 Å². The third kappa shape index (κ3) is 6.69. The fourth-order valence-electron chi connectivity index (χ4n) is 8.83. The standard InChI is InChI=1S/C57H44N2/c1-57(2)53-24-15-25-55(59(48-22-13-6-14-23-48)51-37-28-44(29-38-51)42-18-9-4-10-19-42)56(53)52-39-32-46(40-54(52)57)45-30-35-50(36-31-45)58(47-20-11-5-12-21-47)49-33-26-43(27-34-49)41-16-7-3-8-17-41/h3-40H,1-2H3. The monoisotopic (exact) mass is 756 g/mol. The molecule has 0 heterocycles. The van der Waals surface area contributed by atoms with Crippen molar-refractivity contribution in [2.45, 2.75) is 19.3 Å². The van der Waals surface area contributed by atoms with Crippen LogP contribution in [0.2, 0.25) is 0 Å². The summed E-state index contributed by atoms with van der Waals surface area (Å²) in [7, 11) is 0. The summed E-state index contributed by atoms with van der Waals surface area (Å²) in [5, 5.41) is 0. The summed E-state index contributed by atoms with van der Waals surface area (Å²) in [6, 6.07) is 83.3. The number of hydrogen-bond acceptors (Lipinski definition) is 2. The topological polar surface area (TPSA) is 6.48 Å². The molecule has 0 radical (unpaired) electrons. The van der Waals surface area contributed by atoms with Gasteiger partial charge in [-0.2, -0.15) is 0 Å². The molecule has 0 amide bonds. The van der Waals surface area contributed by atoms with Gasteiger partial charge in [0, 0.05) is 39.4 Å². The first kappa shape index (κ1) is 36.0. The molecule has 0 N–H and O–H groups in total. The Hall–Kier alpha value is -7.42. The van der Waals surface area contributed by atoms with E-state index in [4.69, 9.17) is 0 Å². The van der Waals surface area contributed by atoms with Crippen molar-refractivity contribution in [3.05, 3.63) is 242 Å². The lowest BCUT2D eigenvalue weighted by molar-refractivity contribution is 0.660. The highest BCUT2D eigenvalue weighted by Crippen LogP contribution is 2.55. The van der Waals surface area contributed by atoms with Crippen LogP contribution in [0.5, 0.6) is 0 Å². The van der Waals surface area contributed by atoms with Crippen molar-refractivity contribution < 1.29 is 0 Å². The van der Waals surface area contributed by atoms with Crippen LogP contribution in [0.3, 0.4) is 0 Å². The van der Waals surface area contributed by atoms with Crippen molar-refractivity contribution in [1.29, 1.82) is 0 Å². The molecule has 1 aliphatic carbocycles. The number of benzene rings is 9. The third-order valence-corrected chi connectivity index (χ3v) is 11.9. The fraction of sp³-hybridized carbons (Fsp3) is 0.0526. The molecule has 282 valence electrons. The van der Waals surface area contributed by atoms with Gasteiger partial charge in [-0.05, 0) is 123 Å². The Balaban J connectivity index is 1.01. The first-order valence-electron chi connectivity index (χ1n) is 20.4. The maximum Gasteiger partial charge on any atom is 0.0543 e. The Labute approximate surface area is 347 Å². The predicted octanol–water partition coefficient (Wildman–Crippen LogP) is 15.9. The van der Waals surface area contributed by atoms with Gasteiger partial charge >= 0.3 is 0 Å². The van der Waals surface area contributed by atoms with Gasteiger partial charge in [0.15, 0.2) is 0 Å². The Morgan fingerprint density at radius 3 is 1.15 bits per heavy atom. The summed E-state index contributed by atoms with van der Waals surface area (Å²) in [4.78, 5) is 4.75. The van der Waals surface area contributed by atoms with E-state index in [1.54, 1.807) is 0 Å². The van der Waals surface area contributed by atoms with Crippen molar-refractivity contribution in [2.24, 2.45) is 0 Å². The van der Waals surface area contributed by atoms with Crippen LogP contribution < -0.4 is 9.80 Å². The van der Waals surface area contributed by atoms with Gasteiger partial charge in [0.2, 0.25) is 0 Å². The molecule has 0 atom stereocenters. The molecular weight excluding hydrogens is 713 g/mol. The number of anilines is 6. The average Bonchev–Trinajstić information content (AvgIpc) is 3.54. The predicted molar refractivity (Wildman–Crippen MR) is 250 cm³/mol. The summed E-state index contributed by atoms with van der Waals surface area (Å²) in [5.41, 5.74) is 19.1. The summed E-state index contributed by atoms with van der Waals surface area (Å²) >= 11 is 0. The van der Waals surface area contributed by atoms with E-state index in [-0.39, 0.29) is 5.41 Å². The molecule has 2 nitrogen and oxygen atoms in total. The Kier molecular flexibility index (Phi) is 9.24. The molecule has 2 heteroatoms. The van der Waals surface area contributed by atoms with E-state index in [0.29, 0.717) is 0 Å². The van der Waals surface area contributed by atoms with Crippen molar-refractivity contribution in [1.82, 2.24) is 0 Å². The first-order valence-corrected chi connectivity index (χ1v) is 20.4. The van der Waals surface area contributed by atoms with Gasteiger partial charge in [0.05, 0.1) is 5.69 Å². The third-order valence-electron chi connectivity index (χ3n) is 11.9. The van der Waals surface area contributed by atoms with Crippen molar-refractivity contribution >= 4 is 34.1 Å². The van der Waals surface area contributed by atoms with E-state index < -0.39 is 0 Å². The Bertz CT molecular complexity index is 2850. The lowest BCUT2D eigenvalue weighted by Crippen LogP contribution is -2.16.